The number of hydrogen-bond donors (Lipinski definition) is 1. The first kappa shape index (κ1) is 21.1. The molecule has 8 heteroatoms. The molecule has 2 heterocycles. The molecule has 1 aromatic carbocycles. The number of β-amino-alcohol motifs (C(OH)–C–C–N with tert-alkyl or cyclic N) is 1. The number of aromatic nitrogens is 2. The Morgan fingerprint density at radius 1 is 1.10 bits per heavy atom. The average molecular weight is 399 g/mol. The third kappa shape index (κ3) is 5.48. The maximum Gasteiger partial charge on any atom is 0.269 e. The van der Waals surface area contributed by atoms with E-state index in [1.807, 2.05) is 27.7 Å². The summed E-state index contributed by atoms with van der Waals surface area (Å²) in [6.07, 6.45) is 0.628. The molecule has 0 spiro atoms. The lowest BCUT2D eigenvalue weighted by molar-refractivity contribution is -0.384. The van der Waals surface area contributed by atoms with Crippen LogP contribution >= 0.6 is 0 Å². The number of hydrogen-bond acceptors (Lipinski definition) is 7. The summed E-state index contributed by atoms with van der Waals surface area (Å²) >= 11 is 0. The molecule has 0 bridgehead atoms. The second-order valence-electron chi connectivity index (χ2n) is 8.33. The molecule has 1 aliphatic rings. The Morgan fingerprint density at radius 2 is 1.72 bits per heavy atom. The lowest BCUT2D eigenvalue weighted by Gasteiger charge is -2.38. The van der Waals surface area contributed by atoms with Gasteiger partial charge in [-0.25, -0.2) is 9.97 Å². The summed E-state index contributed by atoms with van der Waals surface area (Å²) in [5, 5.41) is 21.0. The molecule has 8 nitrogen and oxygen atoms in total. The Labute approximate surface area is 171 Å². The molecule has 0 atom stereocenters. The van der Waals surface area contributed by atoms with E-state index in [4.69, 9.17) is 4.98 Å². The van der Waals surface area contributed by atoms with Crippen LogP contribution < -0.4 is 4.90 Å². The maximum atomic E-state index is 10.9. The highest BCUT2D eigenvalue weighted by atomic mass is 16.6. The Hall–Kier alpha value is -2.58. The van der Waals surface area contributed by atoms with E-state index in [1.54, 1.807) is 12.1 Å². The van der Waals surface area contributed by atoms with Gasteiger partial charge in [0.15, 0.2) is 0 Å². The molecule has 1 saturated heterocycles. The summed E-state index contributed by atoms with van der Waals surface area (Å²) in [5.41, 5.74) is 2.37. The van der Waals surface area contributed by atoms with E-state index in [1.165, 1.54) is 12.1 Å². The number of nitro benzene ring substituents is 1. The van der Waals surface area contributed by atoms with Crippen molar-refractivity contribution in [2.24, 2.45) is 0 Å². The van der Waals surface area contributed by atoms with E-state index >= 15 is 0 Å². The highest BCUT2D eigenvalue weighted by Gasteiger charge is 2.25. The first-order chi connectivity index (χ1) is 13.6. The fourth-order valence-electron chi connectivity index (χ4n) is 3.79. The average Bonchev–Trinajstić information content (AvgIpc) is 2.63. The Balaban J connectivity index is 1.80. The standard InChI is InChI=1S/C21H29N5O3/c1-15-19(13-17-5-7-18(8-6-17)26(28)29)20(23-16(2)22-15)25-11-9-24(10-12-25)14-21(3,4)27/h5-8,27H,9-14H2,1-4H3. The van der Waals surface area contributed by atoms with E-state index in [-0.39, 0.29) is 10.6 Å². The van der Waals surface area contributed by atoms with Crippen molar-refractivity contribution in [2.75, 3.05) is 37.6 Å². The molecular formula is C21H29N5O3. The van der Waals surface area contributed by atoms with E-state index in [9.17, 15) is 15.2 Å². The van der Waals surface area contributed by atoms with Crippen LogP contribution in [0.5, 0.6) is 0 Å². The van der Waals surface area contributed by atoms with E-state index in [0.717, 1.165) is 54.6 Å². The van der Waals surface area contributed by atoms with Crippen LogP contribution in [0.25, 0.3) is 0 Å². The third-order valence-corrected chi connectivity index (χ3v) is 5.11. The molecule has 0 aliphatic carbocycles. The summed E-state index contributed by atoms with van der Waals surface area (Å²) in [4.78, 5) is 24.3. The number of piperazine rings is 1. The van der Waals surface area contributed by atoms with Crippen LogP contribution in [0.4, 0.5) is 11.5 Å². The van der Waals surface area contributed by atoms with Gasteiger partial charge in [0.1, 0.15) is 11.6 Å². The minimum absolute atomic E-state index is 0.0915. The number of aliphatic hydroxyl groups is 1. The van der Waals surface area contributed by atoms with Gasteiger partial charge in [0.2, 0.25) is 0 Å². The Bertz CT molecular complexity index is 869. The largest absolute Gasteiger partial charge is 0.389 e. The highest BCUT2D eigenvalue weighted by molar-refractivity contribution is 5.52. The number of rotatable bonds is 6. The van der Waals surface area contributed by atoms with Crippen molar-refractivity contribution in [1.82, 2.24) is 14.9 Å². The minimum atomic E-state index is -0.703. The molecule has 1 fully saturated rings. The summed E-state index contributed by atoms with van der Waals surface area (Å²) in [6.45, 7) is 11.6. The van der Waals surface area contributed by atoms with Crippen molar-refractivity contribution >= 4 is 11.5 Å². The van der Waals surface area contributed by atoms with Crippen LogP contribution in [0, 0.1) is 24.0 Å². The topological polar surface area (TPSA) is 95.6 Å². The number of nitrogens with zero attached hydrogens (tertiary/aromatic N) is 5. The number of nitro groups is 1. The second-order valence-corrected chi connectivity index (χ2v) is 8.33. The molecule has 0 unspecified atom stereocenters. The zero-order valence-electron chi connectivity index (χ0n) is 17.6. The van der Waals surface area contributed by atoms with Crippen LogP contribution in [-0.4, -0.2) is 63.2 Å². The van der Waals surface area contributed by atoms with Crippen LogP contribution in [0.15, 0.2) is 24.3 Å². The van der Waals surface area contributed by atoms with Crippen molar-refractivity contribution in [3.05, 3.63) is 57.0 Å². The van der Waals surface area contributed by atoms with Crippen molar-refractivity contribution in [3.8, 4) is 0 Å². The molecule has 1 aromatic heterocycles. The number of anilines is 1. The fourth-order valence-corrected chi connectivity index (χ4v) is 3.79. The van der Waals surface area contributed by atoms with Gasteiger partial charge in [-0.15, -0.1) is 0 Å². The maximum absolute atomic E-state index is 10.9. The van der Waals surface area contributed by atoms with Crippen molar-refractivity contribution in [1.29, 1.82) is 0 Å². The molecule has 0 radical (unpaired) electrons. The molecule has 29 heavy (non-hydrogen) atoms. The van der Waals surface area contributed by atoms with Crippen molar-refractivity contribution in [3.63, 3.8) is 0 Å². The first-order valence-electron chi connectivity index (χ1n) is 9.89. The van der Waals surface area contributed by atoms with Gasteiger partial charge in [-0.2, -0.15) is 0 Å². The van der Waals surface area contributed by atoms with Gasteiger partial charge in [0.05, 0.1) is 10.5 Å². The number of non-ortho nitro benzene ring substituents is 1. The Kier molecular flexibility index (Phi) is 6.14. The van der Waals surface area contributed by atoms with Crippen LogP contribution in [-0.2, 0) is 6.42 Å². The van der Waals surface area contributed by atoms with Gasteiger partial charge in [-0.05, 0) is 33.3 Å². The molecule has 1 N–H and O–H groups in total. The van der Waals surface area contributed by atoms with Crippen LogP contribution in [0.3, 0.4) is 0 Å². The smallest absolute Gasteiger partial charge is 0.269 e. The van der Waals surface area contributed by atoms with Gasteiger partial charge in [-0.1, -0.05) is 12.1 Å². The van der Waals surface area contributed by atoms with Crippen molar-refractivity contribution in [2.45, 2.75) is 39.7 Å². The van der Waals surface area contributed by atoms with E-state index in [0.29, 0.717) is 13.0 Å². The summed E-state index contributed by atoms with van der Waals surface area (Å²) in [6, 6.07) is 6.66. The molecule has 3 rings (SSSR count). The molecular weight excluding hydrogens is 370 g/mol. The zero-order chi connectivity index (χ0) is 21.2. The fraction of sp³-hybridized carbons (Fsp3) is 0.524. The normalized spacial score (nSPS) is 15.6. The molecule has 0 saturated carbocycles. The Morgan fingerprint density at radius 3 is 2.28 bits per heavy atom. The predicted molar refractivity (Wildman–Crippen MR) is 112 cm³/mol. The van der Waals surface area contributed by atoms with Crippen LogP contribution in [0.1, 0.15) is 36.5 Å². The van der Waals surface area contributed by atoms with Gasteiger partial charge in [0.25, 0.3) is 5.69 Å². The molecule has 0 amide bonds. The summed E-state index contributed by atoms with van der Waals surface area (Å²) < 4.78 is 0. The second kappa shape index (κ2) is 8.42. The highest BCUT2D eigenvalue weighted by Crippen LogP contribution is 2.26. The minimum Gasteiger partial charge on any atom is -0.389 e. The molecule has 1 aliphatic heterocycles. The van der Waals surface area contributed by atoms with Gasteiger partial charge < -0.3 is 10.0 Å². The number of benzene rings is 1. The predicted octanol–water partition coefficient (Wildman–Crippen LogP) is 2.49. The van der Waals surface area contributed by atoms with Crippen molar-refractivity contribution < 1.29 is 10.0 Å². The van der Waals surface area contributed by atoms with Crippen LogP contribution in [0.2, 0.25) is 0 Å². The lowest BCUT2D eigenvalue weighted by Crippen LogP contribution is -2.51. The summed E-state index contributed by atoms with van der Waals surface area (Å²) in [5.74, 6) is 1.68. The summed E-state index contributed by atoms with van der Waals surface area (Å²) in [7, 11) is 0. The zero-order valence-corrected chi connectivity index (χ0v) is 17.6. The lowest BCUT2D eigenvalue weighted by atomic mass is 10.0. The first-order valence-corrected chi connectivity index (χ1v) is 9.89. The third-order valence-electron chi connectivity index (χ3n) is 5.11. The van der Waals surface area contributed by atoms with Gasteiger partial charge >= 0.3 is 0 Å². The number of aryl methyl sites for hydroxylation is 2. The van der Waals surface area contributed by atoms with Gasteiger partial charge in [-0.3, -0.25) is 15.0 Å². The van der Waals surface area contributed by atoms with Gasteiger partial charge in [0, 0.05) is 62.5 Å². The quantitative estimate of drug-likeness (QED) is 0.589. The van der Waals surface area contributed by atoms with E-state index in [2.05, 4.69) is 14.8 Å². The SMILES string of the molecule is Cc1nc(C)c(Cc2ccc([N+](=O)[O-])cc2)c(N2CCN(CC(C)(C)O)CC2)n1. The van der Waals surface area contributed by atoms with E-state index < -0.39 is 5.60 Å². The molecule has 156 valence electrons. The molecule has 2 aromatic rings. The monoisotopic (exact) mass is 399 g/mol.